The number of rotatable bonds is 8. The number of ketones is 1. The Morgan fingerprint density at radius 2 is 2.09 bits per heavy atom. The van der Waals surface area contributed by atoms with Gasteiger partial charge in [-0.25, -0.2) is 9.97 Å². The summed E-state index contributed by atoms with van der Waals surface area (Å²) < 4.78 is 9.40. The average Bonchev–Trinajstić information content (AvgIpc) is 3.23. The first-order chi connectivity index (χ1) is 15.9. The number of aryl methyl sites for hydroxylation is 1. The molecule has 1 amide bonds. The van der Waals surface area contributed by atoms with Crippen LogP contribution in [0.25, 0.3) is 0 Å². The fraction of sp³-hybridized carbons (Fsp3) is 0.348. The quantitative estimate of drug-likeness (QED) is 0.483. The van der Waals surface area contributed by atoms with Gasteiger partial charge in [0.05, 0.1) is 19.0 Å². The number of nitrogens with one attached hydrogen (secondary N) is 1. The first-order valence-corrected chi connectivity index (χ1v) is 11.5. The van der Waals surface area contributed by atoms with E-state index in [4.69, 9.17) is 10.5 Å². The molecule has 10 heteroatoms. The zero-order valence-electron chi connectivity index (χ0n) is 18.6. The van der Waals surface area contributed by atoms with Crippen LogP contribution < -0.4 is 20.7 Å². The van der Waals surface area contributed by atoms with Crippen molar-refractivity contribution in [2.45, 2.75) is 26.2 Å². The summed E-state index contributed by atoms with van der Waals surface area (Å²) in [6.07, 6.45) is 3.94. The summed E-state index contributed by atoms with van der Waals surface area (Å²) in [5.74, 6) is 1.34. The van der Waals surface area contributed by atoms with E-state index in [9.17, 15) is 9.59 Å². The van der Waals surface area contributed by atoms with E-state index in [2.05, 4.69) is 24.6 Å². The molecule has 3 heterocycles. The summed E-state index contributed by atoms with van der Waals surface area (Å²) in [6, 6.07) is 9.07. The molecule has 0 saturated carbocycles. The Labute approximate surface area is 196 Å². The summed E-state index contributed by atoms with van der Waals surface area (Å²) in [6.45, 7) is 3.38. The number of benzene rings is 1. The fourth-order valence-corrected chi connectivity index (χ4v) is 4.60. The molecule has 9 nitrogen and oxygen atoms in total. The number of aromatic nitrogens is 3. The second-order valence-corrected chi connectivity index (χ2v) is 8.86. The molecule has 1 aliphatic rings. The van der Waals surface area contributed by atoms with Gasteiger partial charge in [-0.1, -0.05) is 0 Å². The first kappa shape index (κ1) is 22.7. The maximum Gasteiger partial charge on any atom is 0.271 e. The number of amides is 1. The summed E-state index contributed by atoms with van der Waals surface area (Å²) in [4.78, 5) is 35.7. The minimum atomic E-state index is -0.653. The largest absolute Gasteiger partial charge is 0.497 e. The Morgan fingerprint density at radius 3 is 2.76 bits per heavy atom. The Bertz CT molecular complexity index is 1150. The monoisotopic (exact) mass is 466 g/mol. The van der Waals surface area contributed by atoms with Crippen molar-refractivity contribution in [1.29, 1.82) is 0 Å². The van der Waals surface area contributed by atoms with Gasteiger partial charge in [0.25, 0.3) is 5.91 Å². The summed E-state index contributed by atoms with van der Waals surface area (Å²) in [7, 11) is 1.60. The number of primary amides is 1. The van der Waals surface area contributed by atoms with E-state index in [1.165, 1.54) is 11.5 Å². The number of Topliss-reactive ketones (excluding diaryl/α,β-unsaturated/α-hetero) is 1. The van der Waals surface area contributed by atoms with Crippen LogP contribution in [0.3, 0.4) is 0 Å². The molecule has 1 aromatic carbocycles. The van der Waals surface area contributed by atoms with Gasteiger partial charge in [0.1, 0.15) is 16.6 Å². The standard InChI is InChI=1S/C23H26N6O3S/c1-14-10-20(33-28-14)27-23-21(22(24)31)25-12-19(26-23)29-9-3-4-15(13-29)11-18(30)16-5-7-17(32-2)8-6-16/h5-8,10,12,15H,3-4,9,11,13H2,1-2H3,(H2,24,31)(H,26,27)/t15-/m0/s1. The van der Waals surface area contributed by atoms with E-state index in [1.54, 1.807) is 37.6 Å². The number of nitrogens with two attached hydrogens (primary N) is 1. The van der Waals surface area contributed by atoms with Gasteiger partial charge in [0.2, 0.25) is 0 Å². The van der Waals surface area contributed by atoms with E-state index in [1.807, 2.05) is 13.0 Å². The number of nitrogens with zero attached hydrogens (tertiary/aromatic N) is 4. The molecule has 172 valence electrons. The molecule has 1 aliphatic heterocycles. The van der Waals surface area contributed by atoms with Crippen LogP contribution in [-0.2, 0) is 0 Å². The molecule has 0 bridgehead atoms. The van der Waals surface area contributed by atoms with Gasteiger partial charge in [-0.15, -0.1) is 0 Å². The minimum Gasteiger partial charge on any atom is -0.497 e. The third-order valence-electron chi connectivity index (χ3n) is 5.59. The van der Waals surface area contributed by atoms with Crippen LogP contribution in [0, 0.1) is 12.8 Å². The second-order valence-electron chi connectivity index (χ2n) is 8.06. The van der Waals surface area contributed by atoms with Crippen molar-refractivity contribution in [2.75, 3.05) is 30.4 Å². The highest BCUT2D eigenvalue weighted by atomic mass is 32.1. The third kappa shape index (κ3) is 5.46. The number of anilines is 3. The lowest BCUT2D eigenvalue weighted by Gasteiger charge is -2.33. The maximum atomic E-state index is 12.8. The summed E-state index contributed by atoms with van der Waals surface area (Å²) >= 11 is 1.27. The molecule has 3 aromatic rings. The molecule has 1 fully saturated rings. The lowest BCUT2D eigenvalue weighted by atomic mass is 9.91. The van der Waals surface area contributed by atoms with Gasteiger partial charge in [0, 0.05) is 25.1 Å². The van der Waals surface area contributed by atoms with E-state index in [0.29, 0.717) is 30.2 Å². The van der Waals surface area contributed by atoms with Crippen molar-refractivity contribution in [3.8, 4) is 5.75 Å². The van der Waals surface area contributed by atoms with Crippen molar-refractivity contribution >= 4 is 39.9 Å². The molecule has 1 saturated heterocycles. The highest BCUT2D eigenvalue weighted by Gasteiger charge is 2.25. The van der Waals surface area contributed by atoms with Crippen molar-refractivity contribution in [3.05, 3.63) is 53.5 Å². The zero-order valence-corrected chi connectivity index (χ0v) is 19.4. The van der Waals surface area contributed by atoms with Crippen LogP contribution in [0.4, 0.5) is 16.6 Å². The molecule has 0 spiro atoms. The smallest absolute Gasteiger partial charge is 0.271 e. The van der Waals surface area contributed by atoms with Gasteiger partial charge in [-0.05, 0) is 67.5 Å². The lowest BCUT2D eigenvalue weighted by molar-refractivity contribution is 0.0954. The normalized spacial score (nSPS) is 15.8. The zero-order chi connectivity index (χ0) is 23.4. The predicted molar refractivity (Wildman–Crippen MR) is 128 cm³/mol. The number of carbonyl (C=O) groups excluding carboxylic acids is 2. The van der Waals surface area contributed by atoms with Crippen molar-refractivity contribution in [2.24, 2.45) is 11.7 Å². The van der Waals surface area contributed by atoms with Gasteiger partial charge in [-0.3, -0.25) is 9.59 Å². The molecule has 2 aromatic heterocycles. The molecular formula is C23H26N6O3S. The number of piperidine rings is 1. The van der Waals surface area contributed by atoms with Gasteiger partial charge >= 0.3 is 0 Å². The SMILES string of the molecule is COc1ccc(C(=O)C[C@@H]2CCCN(c3cnc(C(N)=O)c(Nc4cc(C)ns4)n3)C2)cc1. The van der Waals surface area contributed by atoms with E-state index < -0.39 is 5.91 Å². The molecule has 4 rings (SSSR count). The second kappa shape index (κ2) is 9.95. The number of hydrogen-bond donors (Lipinski definition) is 2. The average molecular weight is 467 g/mol. The maximum absolute atomic E-state index is 12.8. The molecule has 33 heavy (non-hydrogen) atoms. The lowest BCUT2D eigenvalue weighted by Crippen LogP contribution is -2.37. The minimum absolute atomic E-state index is 0.0769. The van der Waals surface area contributed by atoms with Crippen LogP contribution >= 0.6 is 11.5 Å². The van der Waals surface area contributed by atoms with Crippen LogP contribution in [-0.4, -0.2) is 46.2 Å². The predicted octanol–water partition coefficient (Wildman–Crippen LogP) is 3.58. The van der Waals surface area contributed by atoms with Gasteiger partial charge < -0.3 is 20.7 Å². The number of hydrogen-bond acceptors (Lipinski definition) is 9. The van der Waals surface area contributed by atoms with Gasteiger partial charge in [-0.2, -0.15) is 4.37 Å². The van der Waals surface area contributed by atoms with Crippen LogP contribution in [0.15, 0.2) is 36.5 Å². The Kier molecular flexibility index (Phi) is 6.83. The fourth-order valence-electron chi connectivity index (χ4n) is 3.94. The van der Waals surface area contributed by atoms with E-state index in [0.717, 1.165) is 35.8 Å². The molecule has 1 atom stereocenters. The van der Waals surface area contributed by atoms with E-state index in [-0.39, 0.29) is 17.4 Å². The molecule has 3 N–H and O–H groups in total. The Balaban J connectivity index is 1.48. The highest BCUT2D eigenvalue weighted by molar-refractivity contribution is 7.10. The Morgan fingerprint density at radius 1 is 1.30 bits per heavy atom. The number of carbonyl (C=O) groups is 2. The van der Waals surface area contributed by atoms with Crippen molar-refractivity contribution in [3.63, 3.8) is 0 Å². The van der Waals surface area contributed by atoms with E-state index >= 15 is 0 Å². The summed E-state index contributed by atoms with van der Waals surface area (Å²) in [5, 5.41) is 3.87. The Hall–Kier alpha value is -3.53. The van der Waals surface area contributed by atoms with Crippen molar-refractivity contribution in [1.82, 2.24) is 14.3 Å². The van der Waals surface area contributed by atoms with Gasteiger partial charge in [0.15, 0.2) is 17.3 Å². The van der Waals surface area contributed by atoms with Crippen molar-refractivity contribution < 1.29 is 14.3 Å². The van der Waals surface area contributed by atoms with Crippen LogP contribution in [0.1, 0.15) is 45.8 Å². The first-order valence-electron chi connectivity index (χ1n) is 10.7. The van der Waals surface area contributed by atoms with Crippen LogP contribution in [0.5, 0.6) is 5.75 Å². The number of ether oxygens (including phenoxy) is 1. The number of methoxy groups -OCH3 is 1. The molecule has 0 radical (unpaired) electrons. The molecule has 0 unspecified atom stereocenters. The molecule has 0 aliphatic carbocycles. The highest BCUT2D eigenvalue weighted by Crippen LogP contribution is 2.28. The molecular weight excluding hydrogens is 440 g/mol. The topological polar surface area (TPSA) is 123 Å². The summed E-state index contributed by atoms with van der Waals surface area (Å²) in [5.41, 5.74) is 7.13. The van der Waals surface area contributed by atoms with Crippen LogP contribution in [0.2, 0.25) is 0 Å². The third-order valence-corrected chi connectivity index (χ3v) is 6.39.